The second kappa shape index (κ2) is 5.96. The van der Waals surface area contributed by atoms with E-state index in [2.05, 4.69) is 5.32 Å². The van der Waals surface area contributed by atoms with Crippen molar-refractivity contribution >= 4 is 44.8 Å². The molecule has 1 aromatic rings. The van der Waals surface area contributed by atoms with Crippen molar-refractivity contribution in [2.45, 2.75) is 18.9 Å². The molecule has 7 heteroatoms. The van der Waals surface area contributed by atoms with Crippen molar-refractivity contribution in [3.63, 3.8) is 0 Å². The summed E-state index contributed by atoms with van der Waals surface area (Å²) in [5.41, 5.74) is 1.02. The molecule has 0 saturated carbocycles. The third-order valence-electron chi connectivity index (χ3n) is 2.90. The van der Waals surface area contributed by atoms with Gasteiger partial charge in [-0.05, 0) is 47.6 Å². The van der Waals surface area contributed by atoms with Gasteiger partial charge in [0.2, 0.25) is 0 Å². The lowest BCUT2D eigenvalue weighted by atomic mass is 10.1. The van der Waals surface area contributed by atoms with E-state index >= 15 is 0 Å². The summed E-state index contributed by atoms with van der Waals surface area (Å²) < 4.78 is 11.9. The molecule has 1 saturated heterocycles. The fourth-order valence-electron chi connectivity index (χ4n) is 1.92. The van der Waals surface area contributed by atoms with E-state index in [1.54, 1.807) is 12.1 Å². The number of hydrogen-bond donors (Lipinski definition) is 1. The van der Waals surface area contributed by atoms with Gasteiger partial charge in [0, 0.05) is 40.1 Å². The molecular formula is C11H13IN2O3S. The number of hydrogen-bond acceptors (Lipinski definition) is 4. The third-order valence-corrected chi connectivity index (χ3v) is 5.15. The van der Waals surface area contributed by atoms with Crippen LogP contribution in [0.25, 0.3) is 0 Å². The van der Waals surface area contributed by atoms with E-state index in [1.165, 1.54) is 6.07 Å². The van der Waals surface area contributed by atoms with Crippen molar-refractivity contribution in [1.29, 1.82) is 0 Å². The highest BCUT2D eigenvalue weighted by atomic mass is 127. The molecule has 0 spiro atoms. The van der Waals surface area contributed by atoms with Gasteiger partial charge in [-0.1, -0.05) is 0 Å². The molecule has 2 rings (SSSR count). The van der Waals surface area contributed by atoms with Crippen LogP contribution in [0.4, 0.5) is 11.4 Å². The predicted octanol–water partition coefficient (Wildman–Crippen LogP) is 2.52. The third kappa shape index (κ3) is 3.41. The molecular weight excluding hydrogens is 367 g/mol. The van der Waals surface area contributed by atoms with Crippen molar-refractivity contribution in [1.82, 2.24) is 0 Å². The number of benzene rings is 1. The number of halogens is 1. The van der Waals surface area contributed by atoms with Gasteiger partial charge in [-0.15, -0.1) is 0 Å². The molecule has 1 N–H and O–H groups in total. The summed E-state index contributed by atoms with van der Waals surface area (Å²) in [6.07, 6.45) is 1.78. The van der Waals surface area contributed by atoms with Crippen molar-refractivity contribution in [2.24, 2.45) is 0 Å². The highest BCUT2D eigenvalue weighted by Crippen LogP contribution is 2.25. The lowest BCUT2D eigenvalue weighted by Crippen LogP contribution is -2.29. The molecule has 98 valence electrons. The van der Waals surface area contributed by atoms with Gasteiger partial charge in [-0.2, -0.15) is 0 Å². The fraction of sp³-hybridized carbons (Fsp3) is 0.455. The summed E-state index contributed by atoms with van der Waals surface area (Å²) >= 11 is 1.97. The van der Waals surface area contributed by atoms with E-state index < -0.39 is 10.8 Å². The standard InChI is InChI=1S/C11H13IN2O3S/c12-10-7-9(1-2-11(10)14(15)16)13-8-3-5-18(17)6-4-8/h1-2,7-8,13H,3-6H2. The minimum atomic E-state index is -0.664. The normalized spacial score (nSPS) is 23.6. The number of nitrogens with one attached hydrogen (secondary N) is 1. The van der Waals surface area contributed by atoms with Gasteiger partial charge < -0.3 is 5.32 Å². The van der Waals surface area contributed by atoms with Crippen LogP contribution in [0.3, 0.4) is 0 Å². The van der Waals surface area contributed by atoms with Crippen LogP contribution < -0.4 is 5.32 Å². The van der Waals surface area contributed by atoms with Gasteiger partial charge in [0.25, 0.3) is 5.69 Å². The summed E-state index contributed by atoms with van der Waals surface area (Å²) in [6, 6.07) is 5.35. The Labute approximate surface area is 121 Å². The first-order chi connectivity index (χ1) is 8.56. The largest absolute Gasteiger partial charge is 0.382 e. The first-order valence-electron chi connectivity index (χ1n) is 5.61. The van der Waals surface area contributed by atoms with Gasteiger partial charge in [0.05, 0.1) is 8.49 Å². The van der Waals surface area contributed by atoms with E-state index in [0.717, 1.165) is 30.0 Å². The maximum Gasteiger partial charge on any atom is 0.282 e. The molecule has 18 heavy (non-hydrogen) atoms. The molecule has 0 aromatic heterocycles. The predicted molar refractivity (Wildman–Crippen MR) is 80.3 cm³/mol. The number of nitrogens with zero attached hydrogens (tertiary/aromatic N) is 1. The molecule has 0 radical (unpaired) electrons. The maximum atomic E-state index is 11.2. The van der Waals surface area contributed by atoms with Crippen LogP contribution in [0.1, 0.15) is 12.8 Å². The molecule has 0 amide bonds. The molecule has 0 atom stereocenters. The van der Waals surface area contributed by atoms with E-state index in [4.69, 9.17) is 0 Å². The van der Waals surface area contributed by atoms with Crippen LogP contribution in [-0.4, -0.2) is 26.7 Å². The Hall–Kier alpha value is -0.700. The van der Waals surface area contributed by atoms with E-state index in [-0.39, 0.29) is 10.6 Å². The number of nitro benzene ring substituents is 1. The monoisotopic (exact) mass is 380 g/mol. The van der Waals surface area contributed by atoms with Gasteiger partial charge >= 0.3 is 0 Å². The number of anilines is 1. The summed E-state index contributed by atoms with van der Waals surface area (Å²) in [7, 11) is -0.664. The van der Waals surface area contributed by atoms with E-state index in [0.29, 0.717) is 9.61 Å². The average Bonchev–Trinajstić information content (AvgIpc) is 2.32. The van der Waals surface area contributed by atoms with Crippen LogP contribution in [0.2, 0.25) is 0 Å². The summed E-state index contributed by atoms with van der Waals surface area (Å²) in [6.45, 7) is 0. The first-order valence-corrected chi connectivity index (χ1v) is 8.18. The zero-order valence-corrected chi connectivity index (χ0v) is 12.6. The fourth-order valence-corrected chi connectivity index (χ4v) is 3.93. The Balaban J connectivity index is 2.04. The van der Waals surface area contributed by atoms with Crippen molar-refractivity contribution < 1.29 is 9.13 Å². The lowest BCUT2D eigenvalue weighted by Gasteiger charge is -2.23. The highest BCUT2D eigenvalue weighted by molar-refractivity contribution is 14.1. The van der Waals surface area contributed by atoms with E-state index in [1.807, 2.05) is 22.6 Å². The second-order valence-electron chi connectivity index (χ2n) is 4.19. The van der Waals surface area contributed by atoms with Crippen LogP contribution in [0.5, 0.6) is 0 Å². The summed E-state index contributed by atoms with van der Waals surface area (Å²) in [5.74, 6) is 1.48. The minimum Gasteiger partial charge on any atom is -0.382 e. The lowest BCUT2D eigenvalue weighted by molar-refractivity contribution is -0.385. The molecule has 1 aromatic carbocycles. The van der Waals surface area contributed by atoms with Crippen molar-refractivity contribution in [3.8, 4) is 0 Å². The zero-order valence-electron chi connectivity index (χ0n) is 9.60. The number of nitro groups is 1. The molecule has 0 aliphatic carbocycles. The quantitative estimate of drug-likeness (QED) is 0.497. The summed E-state index contributed by atoms with van der Waals surface area (Å²) in [5, 5.41) is 14.1. The number of rotatable bonds is 3. The smallest absolute Gasteiger partial charge is 0.282 e. The topological polar surface area (TPSA) is 72.2 Å². The molecule has 1 heterocycles. The SMILES string of the molecule is O=[N+]([O-])c1ccc(NC2CCS(=O)CC2)cc1I. The molecule has 1 fully saturated rings. The van der Waals surface area contributed by atoms with E-state index in [9.17, 15) is 14.3 Å². The van der Waals surface area contributed by atoms with Crippen LogP contribution in [-0.2, 0) is 10.8 Å². The van der Waals surface area contributed by atoms with Crippen molar-refractivity contribution in [3.05, 3.63) is 31.9 Å². The Morgan fingerprint density at radius 2 is 2.06 bits per heavy atom. The highest BCUT2D eigenvalue weighted by Gasteiger charge is 2.18. The Bertz CT molecular complexity index is 485. The Morgan fingerprint density at radius 3 is 2.61 bits per heavy atom. The van der Waals surface area contributed by atoms with Gasteiger partial charge in [0.15, 0.2) is 0 Å². The van der Waals surface area contributed by atoms with Gasteiger partial charge in [-0.3, -0.25) is 14.3 Å². The van der Waals surface area contributed by atoms with Gasteiger partial charge in [-0.25, -0.2) is 0 Å². The minimum absolute atomic E-state index is 0.130. The van der Waals surface area contributed by atoms with Crippen LogP contribution >= 0.6 is 22.6 Å². The molecule has 1 aliphatic heterocycles. The van der Waals surface area contributed by atoms with Crippen LogP contribution in [0, 0.1) is 13.7 Å². The maximum absolute atomic E-state index is 11.2. The van der Waals surface area contributed by atoms with Crippen LogP contribution in [0.15, 0.2) is 18.2 Å². The molecule has 0 unspecified atom stereocenters. The molecule has 1 aliphatic rings. The molecule has 0 bridgehead atoms. The average molecular weight is 380 g/mol. The second-order valence-corrected chi connectivity index (χ2v) is 7.05. The first kappa shape index (κ1) is 13.7. The Kier molecular flexibility index (Phi) is 4.55. The Morgan fingerprint density at radius 1 is 1.39 bits per heavy atom. The summed E-state index contributed by atoms with van der Waals surface area (Å²) in [4.78, 5) is 10.3. The molecule has 5 nitrogen and oxygen atoms in total. The zero-order chi connectivity index (χ0) is 13.1. The van der Waals surface area contributed by atoms with Gasteiger partial charge in [0.1, 0.15) is 0 Å². The van der Waals surface area contributed by atoms with Crippen molar-refractivity contribution in [2.75, 3.05) is 16.8 Å².